The molecule has 1 heterocycles. The molecule has 116 valence electrons. The minimum absolute atomic E-state index is 0. The minimum Gasteiger partial charge on any atom is -0.347 e. The fourth-order valence-corrected chi connectivity index (χ4v) is 3.03. The summed E-state index contributed by atoms with van der Waals surface area (Å²) in [5.74, 6) is 0.0478. The first-order chi connectivity index (χ1) is 9.16. The van der Waals surface area contributed by atoms with Crippen molar-refractivity contribution >= 4 is 24.2 Å². The van der Waals surface area contributed by atoms with Crippen LogP contribution in [-0.4, -0.2) is 42.4 Å². The molecule has 5 nitrogen and oxygen atoms in total. The number of carbonyl (C=O) groups excluding carboxylic acids is 2. The minimum atomic E-state index is -0.00194. The number of piperidine rings is 1. The molecule has 0 spiro atoms. The molecular weight excluding hydrogens is 278 g/mol. The predicted octanol–water partition coefficient (Wildman–Crippen LogP) is 1.05. The molecule has 2 rings (SSSR count). The van der Waals surface area contributed by atoms with Gasteiger partial charge < -0.3 is 16.0 Å². The van der Waals surface area contributed by atoms with Crippen LogP contribution in [0.3, 0.4) is 0 Å². The van der Waals surface area contributed by atoms with Crippen LogP contribution in [0.5, 0.6) is 0 Å². The van der Waals surface area contributed by atoms with Gasteiger partial charge in [-0.15, -0.1) is 12.4 Å². The summed E-state index contributed by atoms with van der Waals surface area (Å²) in [7, 11) is 0. The van der Waals surface area contributed by atoms with Gasteiger partial charge in [-0.05, 0) is 38.5 Å². The van der Waals surface area contributed by atoms with E-state index < -0.39 is 0 Å². The maximum absolute atomic E-state index is 12.0. The summed E-state index contributed by atoms with van der Waals surface area (Å²) in [6, 6.07) is 0.141. The van der Waals surface area contributed by atoms with Gasteiger partial charge in [-0.2, -0.15) is 0 Å². The summed E-state index contributed by atoms with van der Waals surface area (Å²) in [6.45, 7) is 1.82. The first-order valence-electron chi connectivity index (χ1n) is 7.48. The van der Waals surface area contributed by atoms with E-state index in [4.69, 9.17) is 5.73 Å². The quantitative estimate of drug-likeness (QED) is 0.818. The van der Waals surface area contributed by atoms with E-state index in [0.29, 0.717) is 0 Å². The molecule has 0 radical (unpaired) electrons. The number of hydrogen-bond acceptors (Lipinski definition) is 3. The third-order valence-corrected chi connectivity index (χ3v) is 4.21. The van der Waals surface area contributed by atoms with Gasteiger partial charge in [0.1, 0.15) is 0 Å². The van der Waals surface area contributed by atoms with Gasteiger partial charge in [0.05, 0.1) is 6.54 Å². The highest BCUT2D eigenvalue weighted by molar-refractivity contribution is 5.86. The molecule has 0 aromatic carbocycles. The maximum atomic E-state index is 12.0. The monoisotopic (exact) mass is 303 g/mol. The average Bonchev–Trinajstić information content (AvgIpc) is 2.45. The van der Waals surface area contributed by atoms with Crippen molar-refractivity contribution in [2.24, 2.45) is 11.7 Å². The lowest BCUT2D eigenvalue weighted by Crippen LogP contribution is -2.45. The first kappa shape index (κ1) is 17.2. The average molecular weight is 304 g/mol. The van der Waals surface area contributed by atoms with Crippen LogP contribution in [0.1, 0.15) is 44.9 Å². The molecule has 20 heavy (non-hydrogen) atoms. The molecule has 1 saturated heterocycles. The van der Waals surface area contributed by atoms with E-state index in [0.717, 1.165) is 51.6 Å². The highest BCUT2D eigenvalue weighted by atomic mass is 35.5. The van der Waals surface area contributed by atoms with Crippen molar-refractivity contribution in [3.63, 3.8) is 0 Å². The molecule has 0 aromatic heterocycles. The zero-order chi connectivity index (χ0) is 13.7. The third-order valence-electron chi connectivity index (χ3n) is 4.21. The SMILES string of the molecule is Cl.NC1CCCC(C(=O)NCC(=O)N2CCCCC2)C1. The van der Waals surface area contributed by atoms with Crippen LogP contribution >= 0.6 is 12.4 Å². The molecule has 2 atom stereocenters. The van der Waals surface area contributed by atoms with E-state index >= 15 is 0 Å². The Hall–Kier alpha value is -0.810. The number of hydrogen-bond donors (Lipinski definition) is 2. The molecule has 1 aliphatic carbocycles. The third kappa shape index (κ3) is 4.94. The smallest absolute Gasteiger partial charge is 0.241 e. The van der Waals surface area contributed by atoms with Crippen molar-refractivity contribution in [3.05, 3.63) is 0 Å². The fraction of sp³-hybridized carbons (Fsp3) is 0.857. The van der Waals surface area contributed by atoms with Gasteiger partial charge >= 0.3 is 0 Å². The highest BCUT2D eigenvalue weighted by Crippen LogP contribution is 2.23. The van der Waals surface area contributed by atoms with E-state index in [1.807, 2.05) is 4.90 Å². The van der Waals surface area contributed by atoms with Gasteiger partial charge in [0.2, 0.25) is 11.8 Å². The fourth-order valence-electron chi connectivity index (χ4n) is 3.03. The van der Waals surface area contributed by atoms with Crippen molar-refractivity contribution in [2.75, 3.05) is 19.6 Å². The molecular formula is C14H26ClN3O2. The molecule has 3 N–H and O–H groups in total. The molecule has 0 bridgehead atoms. The molecule has 2 fully saturated rings. The number of likely N-dealkylation sites (tertiary alicyclic amines) is 1. The van der Waals surface area contributed by atoms with E-state index in [2.05, 4.69) is 5.32 Å². The van der Waals surface area contributed by atoms with Gasteiger partial charge in [-0.3, -0.25) is 9.59 Å². The maximum Gasteiger partial charge on any atom is 0.241 e. The van der Waals surface area contributed by atoms with E-state index in [1.165, 1.54) is 6.42 Å². The second-order valence-corrected chi connectivity index (χ2v) is 5.78. The van der Waals surface area contributed by atoms with Crippen molar-refractivity contribution in [1.82, 2.24) is 10.2 Å². The largest absolute Gasteiger partial charge is 0.347 e. The predicted molar refractivity (Wildman–Crippen MR) is 80.6 cm³/mol. The van der Waals surface area contributed by atoms with Crippen LogP contribution < -0.4 is 11.1 Å². The zero-order valence-electron chi connectivity index (χ0n) is 12.0. The van der Waals surface area contributed by atoms with Gasteiger partial charge in [0.15, 0.2) is 0 Å². The number of rotatable bonds is 3. The Labute approximate surface area is 127 Å². The van der Waals surface area contributed by atoms with Gasteiger partial charge in [-0.1, -0.05) is 6.42 Å². The van der Waals surface area contributed by atoms with Crippen molar-refractivity contribution in [2.45, 2.75) is 51.0 Å². The number of halogens is 1. The Morgan fingerprint density at radius 2 is 1.80 bits per heavy atom. The lowest BCUT2D eigenvalue weighted by molar-refractivity contribution is -0.134. The van der Waals surface area contributed by atoms with Crippen LogP contribution in [0, 0.1) is 5.92 Å². The number of nitrogens with two attached hydrogens (primary N) is 1. The first-order valence-corrected chi connectivity index (χ1v) is 7.48. The van der Waals surface area contributed by atoms with Crippen LogP contribution in [0.2, 0.25) is 0 Å². The zero-order valence-corrected chi connectivity index (χ0v) is 12.8. The van der Waals surface area contributed by atoms with Crippen LogP contribution in [0.4, 0.5) is 0 Å². The van der Waals surface area contributed by atoms with Crippen molar-refractivity contribution < 1.29 is 9.59 Å². The van der Waals surface area contributed by atoms with Crippen LogP contribution in [0.15, 0.2) is 0 Å². The number of amides is 2. The second kappa shape index (κ2) is 8.47. The van der Waals surface area contributed by atoms with Crippen molar-refractivity contribution in [1.29, 1.82) is 0 Å². The van der Waals surface area contributed by atoms with E-state index in [9.17, 15) is 9.59 Å². The molecule has 0 aromatic rings. The lowest BCUT2D eigenvalue weighted by atomic mass is 9.85. The summed E-state index contributed by atoms with van der Waals surface area (Å²) in [6.07, 6.45) is 7.04. The molecule has 2 unspecified atom stereocenters. The van der Waals surface area contributed by atoms with Crippen LogP contribution in [-0.2, 0) is 9.59 Å². The molecule has 2 amide bonds. The topological polar surface area (TPSA) is 75.4 Å². The number of nitrogens with zero attached hydrogens (tertiary/aromatic N) is 1. The Morgan fingerprint density at radius 1 is 1.10 bits per heavy atom. The summed E-state index contributed by atoms with van der Waals surface area (Å²) in [5, 5.41) is 2.78. The Bertz CT molecular complexity index is 332. The van der Waals surface area contributed by atoms with E-state index in [-0.39, 0.29) is 42.7 Å². The lowest BCUT2D eigenvalue weighted by Gasteiger charge is -2.28. The van der Waals surface area contributed by atoms with E-state index in [1.54, 1.807) is 0 Å². The molecule has 1 aliphatic heterocycles. The normalized spacial score (nSPS) is 26.6. The van der Waals surface area contributed by atoms with Gasteiger partial charge in [0.25, 0.3) is 0 Å². The Balaban J connectivity index is 0.00000200. The van der Waals surface area contributed by atoms with Crippen LogP contribution in [0.25, 0.3) is 0 Å². The summed E-state index contributed by atoms with van der Waals surface area (Å²) in [4.78, 5) is 25.8. The molecule has 2 aliphatic rings. The molecule has 6 heteroatoms. The van der Waals surface area contributed by atoms with Crippen molar-refractivity contribution in [3.8, 4) is 0 Å². The highest BCUT2D eigenvalue weighted by Gasteiger charge is 2.26. The summed E-state index contributed by atoms with van der Waals surface area (Å²) >= 11 is 0. The number of carbonyl (C=O) groups is 2. The van der Waals surface area contributed by atoms with Gasteiger partial charge in [0, 0.05) is 25.0 Å². The summed E-state index contributed by atoms with van der Waals surface area (Å²) < 4.78 is 0. The Morgan fingerprint density at radius 3 is 2.45 bits per heavy atom. The summed E-state index contributed by atoms with van der Waals surface area (Å²) in [5.41, 5.74) is 5.88. The number of nitrogens with one attached hydrogen (secondary N) is 1. The second-order valence-electron chi connectivity index (χ2n) is 5.78. The van der Waals surface area contributed by atoms with Gasteiger partial charge in [-0.25, -0.2) is 0 Å². The standard InChI is InChI=1S/C14H25N3O2.ClH/c15-12-6-4-5-11(9-12)14(19)16-10-13(18)17-7-2-1-3-8-17;/h11-12H,1-10,15H2,(H,16,19);1H. The molecule has 1 saturated carbocycles. The Kier molecular flexibility index (Phi) is 7.30.